The zero-order valence-corrected chi connectivity index (χ0v) is 16.5. The lowest BCUT2D eigenvalue weighted by Crippen LogP contribution is -2.33. The third-order valence-electron chi connectivity index (χ3n) is 3.62. The van der Waals surface area contributed by atoms with Crippen LogP contribution in [-0.2, 0) is 16.1 Å². The standard InChI is InChI=1S/C19H18BrF3N2O3/c1-12-8-15(20)6-7-16(12)25-17(26)9-24-18(27)14-4-2-13(3-5-14)10-28-11-19(21,22)23/h2-8H,9-11H2,1H3,(H,24,27)(H,25,26). The molecule has 0 aliphatic carbocycles. The molecule has 0 unspecified atom stereocenters. The van der Waals surface area contributed by atoms with Crippen molar-refractivity contribution in [2.45, 2.75) is 19.7 Å². The van der Waals surface area contributed by atoms with Gasteiger partial charge in [0.25, 0.3) is 5.91 Å². The Morgan fingerprint density at radius 1 is 1.11 bits per heavy atom. The number of hydrogen-bond donors (Lipinski definition) is 2. The van der Waals surface area contributed by atoms with Crippen molar-refractivity contribution in [2.24, 2.45) is 0 Å². The second-order valence-electron chi connectivity index (χ2n) is 5.99. The highest BCUT2D eigenvalue weighted by atomic mass is 79.9. The first-order valence-electron chi connectivity index (χ1n) is 8.22. The molecule has 0 fully saturated rings. The molecule has 0 bridgehead atoms. The number of anilines is 1. The van der Waals surface area contributed by atoms with Crippen molar-refractivity contribution < 1.29 is 27.5 Å². The van der Waals surface area contributed by atoms with Crippen molar-refractivity contribution in [3.8, 4) is 0 Å². The Hall–Kier alpha value is -2.39. The van der Waals surface area contributed by atoms with Gasteiger partial charge in [0.2, 0.25) is 5.91 Å². The minimum Gasteiger partial charge on any atom is -0.367 e. The Labute approximate surface area is 168 Å². The topological polar surface area (TPSA) is 67.4 Å². The first kappa shape index (κ1) is 21.9. The third-order valence-corrected chi connectivity index (χ3v) is 4.12. The van der Waals surface area contributed by atoms with Crippen molar-refractivity contribution in [1.82, 2.24) is 5.32 Å². The molecule has 9 heteroatoms. The summed E-state index contributed by atoms with van der Waals surface area (Å²) in [6.45, 7) is 0.0856. The van der Waals surface area contributed by atoms with E-state index in [0.29, 0.717) is 11.3 Å². The monoisotopic (exact) mass is 458 g/mol. The highest BCUT2D eigenvalue weighted by molar-refractivity contribution is 9.10. The van der Waals surface area contributed by atoms with Crippen LogP contribution in [-0.4, -0.2) is 31.1 Å². The highest BCUT2D eigenvalue weighted by Crippen LogP contribution is 2.20. The van der Waals surface area contributed by atoms with E-state index in [1.807, 2.05) is 13.0 Å². The van der Waals surface area contributed by atoms with Crippen LogP contribution >= 0.6 is 15.9 Å². The number of carbonyl (C=O) groups is 2. The van der Waals surface area contributed by atoms with Gasteiger partial charge in [-0.15, -0.1) is 0 Å². The summed E-state index contributed by atoms with van der Waals surface area (Å²) in [7, 11) is 0. The maximum atomic E-state index is 12.1. The van der Waals surface area contributed by atoms with E-state index in [2.05, 4.69) is 31.3 Å². The zero-order chi connectivity index (χ0) is 20.7. The lowest BCUT2D eigenvalue weighted by Gasteiger charge is -2.10. The van der Waals surface area contributed by atoms with Crippen LogP contribution in [0, 0.1) is 6.92 Å². The minimum absolute atomic E-state index is 0.212. The van der Waals surface area contributed by atoms with Gasteiger partial charge in [0.15, 0.2) is 0 Å². The summed E-state index contributed by atoms with van der Waals surface area (Å²) in [5, 5.41) is 5.20. The molecule has 2 aromatic carbocycles. The molecule has 2 N–H and O–H groups in total. The lowest BCUT2D eigenvalue weighted by atomic mass is 10.1. The van der Waals surface area contributed by atoms with E-state index in [9.17, 15) is 22.8 Å². The van der Waals surface area contributed by atoms with Gasteiger partial charge in [-0.25, -0.2) is 0 Å². The van der Waals surface area contributed by atoms with Crippen molar-refractivity contribution in [1.29, 1.82) is 0 Å². The van der Waals surface area contributed by atoms with E-state index in [4.69, 9.17) is 0 Å². The average Bonchev–Trinajstić information content (AvgIpc) is 2.61. The number of alkyl halides is 3. The molecule has 0 heterocycles. The summed E-state index contributed by atoms with van der Waals surface area (Å²) in [5.41, 5.74) is 2.31. The summed E-state index contributed by atoms with van der Waals surface area (Å²) < 4.78 is 41.6. The normalized spacial score (nSPS) is 11.2. The van der Waals surface area contributed by atoms with Crippen LogP contribution in [0.3, 0.4) is 0 Å². The number of ether oxygens (including phenoxy) is 1. The van der Waals surface area contributed by atoms with Crippen LogP contribution in [0.15, 0.2) is 46.9 Å². The summed E-state index contributed by atoms with van der Waals surface area (Å²) in [6.07, 6.45) is -4.38. The van der Waals surface area contributed by atoms with E-state index in [1.54, 1.807) is 12.1 Å². The van der Waals surface area contributed by atoms with Gasteiger partial charge in [-0.2, -0.15) is 13.2 Å². The molecule has 2 rings (SSSR count). The SMILES string of the molecule is Cc1cc(Br)ccc1NC(=O)CNC(=O)c1ccc(COCC(F)(F)F)cc1. The van der Waals surface area contributed by atoms with Crippen LogP contribution in [0.2, 0.25) is 0 Å². The Morgan fingerprint density at radius 3 is 2.39 bits per heavy atom. The first-order chi connectivity index (χ1) is 13.1. The van der Waals surface area contributed by atoms with Crippen LogP contribution in [0.4, 0.5) is 18.9 Å². The number of carbonyl (C=O) groups excluding carboxylic acids is 2. The maximum absolute atomic E-state index is 12.1. The Morgan fingerprint density at radius 2 is 1.79 bits per heavy atom. The van der Waals surface area contributed by atoms with E-state index >= 15 is 0 Å². The molecule has 150 valence electrons. The van der Waals surface area contributed by atoms with Gasteiger partial charge in [0.05, 0.1) is 13.2 Å². The molecule has 2 amide bonds. The quantitative estimate of drug-likeness (QED) is 0.652. The predicted octanol–water partition coefficient (Wildman–Crippen LogP) is 4.20. The molecule has 5 nitrogen and oxygen atoms in total. The molecular weight excluding hydrogens is 441 g/mol. The van der Waals surface area contributed by atoms with Gasteiger partial charge in [-0.05, 0) is 48.4 Å². The van der Waals surface area contributed by atoms with Gasteiger partial charge < -0.3 is 15.4 Å². The molecule has 28 heavy (non-hydrogen) atoms. The van der Waals surface area contributed by atoms with E-state index < -0.39 is 18.7 Å². The Kier molecular flexibility index (Phi) is 7.59. The number of hydrogen-bond acceptors (Lipinski definition) is 3. The smallest absolute Gasteiger partial charge is 0.367 e. The molecule has 0 saturated carbocycles. The second-order valence-corrected chi connectivity index (χ2v) is 6.91. The minimum atomic E-state index is -4.38. The molecule has 0 saturated heterocycles. The van der Waals surface area contributed by atoms with E-state index in [-0.39, 0.29) is 24.6 Å². The van der Waals surface area contributed by atoms with Crippen LogP contribution < -0.4 is 10.6 Å². The van der Waals surface area contributed by atoms with Gasteiger partial charge >= 0.3 is 6.18 Å². The fourth-order valence-corrected chi connectivity index (χ4v) is 2.74. The molecule has 0 aromatic heterocycles. The summed E-state index contributed by atoms with van der Waals surface area (Å²) >= 11 is 3.34. The van der Waals surface area contributed by atoms with Crippen molar-refractivity contribution >= 4 is 33.4 Å². The van der Waals surface area contributed by atoms with Gasteiger partial charge in [-0.1, -0.05) is 28.1 Å². The third kappa shape index (κ3) is 7.32. The molecular formula is C19H18BrF3N2O3. The highest BCUT2D eigenvalue weighted by Gasteiger charge is 2.27. The maximum Gasteiger partial charge on any atom is 0.411 e. The molecule has 0 atom stereocenters. The lowest BCUT2D eigenvalue weighted by molar-refractivity contribution is -0.176. The molecule has 2 aromatic rings. The summed E-state index contributed by atoms with van der Waals surface area (Å²) in [5.74, 6) is -0.846. The molecule has 0 radical (unpaired) electrons. The number of benzene rings is 2. The molecule has 0 aliphatic heterocycles. The largest absolute Gasteiger partial charge is 0.411 e. The van der Waals surface area contributed by atoms with E-state index in [0.717, 1.165) is 10.0 Å². The number of halogens is 4. The van der Waals surface area contributed by atoms with Crippen LogP contribution in [0.25, 0.3) is 0 Å². The number of aryl methyl sites for hydroxylation is 1. The Balaban J connectivity index is 1.81. The number of rotatable bonds is 7. The van der Waals surface area contributed by atoms with Crippen LogP contribution in [0.1, 0.15) is 21.5 Å². The van der Waals surface area contributed by atoms with Crippen molar-refractivity contribution in [2.75, 3.05) is 18.5 Å². The fraction of sp³-hybridized carbons (Fsp3) is 0.263. The Bertz CT molecular complexity index is 839. The average molecular weight is 459 g/mol. The summed E-state index contributed by atoms with van der Waals surface area (Å²) in [6, 6.07) is 11.3. The predicted molar refractivity (Wildman–Crippen MR) is 102 cm³/mol. The second kappa shape index (κ2) is 9.70. The van der Waals surface area contributed by atoms with Crippen LogP contribution in [0.5, 0.6) is 0 Å². The zero-order valence-electron chi connectivity index (χ0n) is 14.9. The molecule has 0 aliphatic rings. The van der Waals surface area contributed by atoms with Gasteiger partial charge in [-0.3, -0.25) is 9.59 Å². The van der Waals surface area contributed by atoms with Crippen molar-refractivity contribution in [3.63, 3.8) is 0 Å². The van der Waals surface area contributed by atoms with Crippen molar-refractivity contribution in [3.05, 3.63) is 63.6 Å². The summed E-state index contributed by atoms with van der Waals surface area (Å²) in [4.78, 5) is 24.1. The fourth-order valence-electron chi connectivity index (χ4n) is 2.26. The van der Waals surface area contributed by atoms with E-state index in [1.165, 1.54) is 24.3 Å². The molecule has 0 spiro atoms. The number of amides is 2. The number of nitrogens with one attached hydrogen (secondary N) is 2. The first-order valence-corrected chi connectivity index (χ1v) is 9.01. The van der Waals surface area contributed by atoms with Gasteiger partial charge in [0.1, 0.15) is 6.61 Å². The van der Waals surface area contributed by atoms with Gasteiger partial charge in [0, 0.05) is 15.7 Å².